The van der Waals surface area contributed by atoms with Gasteiger partial charge in [-0.1, -0.05) is 72.8 Å². The van der Waals surface area contributed by atoms with Crippen LogP contribution in [0.15, 0.2) is 108 Å². The lowest BCUT2D eigenvalue weighted by Gasteiger charge is -2.34. The molecule has 4 nitrogen and oxygen atoms in total. The summed E-state index contributed by atoms with van der Waals surface area (Å²) in [6, 6.07) is 33.2. The van der Waals surface area contributed by atoms with E-state index in [1.54, 1.807) is 0 Å². The van der Waals surface area contributed by atoms with Crippen LogP contribution in [0.25, 0.3) is 43.8 Å². The van der Waals surface area contributed by atoms with E-state index in [0.717, 1.165) is 49.4 Å². The number of aliphatic hydroxyl groups is 1. The molecule has 5 aromatic carbocycles. The number of rotatable bonds is 2. The van der Waals surface area contributed by atoms with Gasteiger partial charge >= 0.3 is 0 Å². The van der Waals surface area contributed by atoms with Gasteiger partial charge in [-0.3, -0.25) is 9.69 Å². The molecule has 1 aromatic heterocycles. The second kappa shape index (κ2) is 7.04. The third kappa shape index (κ3) is 2.54. The van der Waals surface area contributed by atoms with Crippen LogP contribution < -0.4 is 4.90 Å². The van der Waals surface area contributed by atoms with E-state index in [9.17, 15) is 9.90 Å². The van der Waals surface area contributed by atoms with E-state index in [1.807, 2.05) is 91.0 Å². The number of hydrogen-bond acceptors (Lipinski definition) is 3. The lowest BCUT2D eigenvalue weighted by Crippen LogP contribution is -2.38. The molecule has 1 amide bonds. The molecular formula is C30H19NO3. The van der Waals surface area contributed by atoms with Crippen molar-refractivity contribution in [3.63, 3.8) is 0 Å². The summed E-state index contributed by atoms with van der Waals surface area (Å²) >= 11 is 0. The maximum absolute atomic E-state index is 13.6. The Morgan fingerprint density at radius 3 is 2.21 bits per heavy atom. The first-order valence-electron chi connectivity index (χ1n) is 11.3. The Hall–Kier alpha value is -4.41. The van der Waals surface area contributed by atoms with E-state index >= 15 is 0 Å². The van der Waals surface area contributed by atoms with Crippen LogP contribution in [0.1, 0.15) is 22.1 Å². The first-order chi connectivity index (χ1) is 16.7. The molecule has 0 spiro atoms. The summed E-state index contributed by atoms with van der Waals surface area (Å²) in [5.74, 6) is -0.207. The van der Waals surface area contributed by atoms with Crippen LogP contribution in [0.3, 0.4) is 0 Å². The average Bonchev–Trinajstić information content (AvgIpc) is 3.27. The van der Waals surface area contributed by atoms with Gasteiger partial charge in [-0.05, 0) is 46.8 Å². The Bertz CT molecular complexity index is 1750. The number of para-hydroxylation sites is 2. The third-order valence-electron chi connectivity index (χ3n) is 6.77. The molecule has 6 aromatic rings. The molecule has 1 N–H and O–H groups in total. The summed E-state index contributed by atoms with van der Waals surface area (Å²) in [6.07, 6.45) is -1.06. The van der Waals surface area contributed by atoms with Crippen molar-refractivity contribution in [3.05, 3.63) is 114 Å². The van der Waals surface area contributed by atoms with Crippen molar-refractivity contribution >= 4 is 44.3 Å². The largest absolute Gasteiger partial charge is 0.456 e. The van der Waals surface area contributed by atoms with Gasteiger partial charge in [-0.2, -0.15) is 0 Å². The maximum atomic E-state index is 13.6. The second-order valence-corrected chi connectivity index (χ2v) is 8.59. The molecule has 4 heteroatoms. The molecule has 1 aliphatic rings. The highest BCUT2D eigenvalue weighted by molar-refractivity contribution is 6.22. The fourth-order valence-electron chi connectivity index (χ4n) is 5.29. The molecule has 0 radical (unpaired) electrons. The van der Waals surface area contributed by atoms with Gasteiger partial charge in [-0.25, -0.2) is 0 Å². The van der Waals surface area contributed by atoms with Gasteiger partial charge in [0.15, 0.2) is 6.23 Å². The van der Waals surface area contributed by atoms with Crippen molar-refractivity contribution in [2.45, 2.75) is 6.23 Å². The van der Waals surface area contributed by atoms with E-state index in [1.165, 1.54) is 4.90 Å². The minimum Gasteiger partial charge on any atom is -0.456 e. The molecule has 1 atom stereocenters. The molecule has 7 rings (SSSR count). The van der Waals surface area contributed by atoms with Gasteiger partial charge in [-0.15, -0.1) is 0 Å². The van der Waals surface area contributed by atoms with Crippen LogP contribution in [0, 0.1) is 0 Å². The number of carbonyl (C=O) groups excluding carboxylic acids is 1. The summed E-state index contributed by atoms with van der Waals surface area (Å²) in [6.45, 7) is 0. The van der Waals surface area contributed by atoms with Gasteiger partial charge in [0.25, 0.3) is 5.91 Å². The van der Waals surface area contributed by atoms with Crippen LogP contribution in [-0.4, -0.2) is 11.0 Å². The second-order valence-electron chi connectivity index (χ2n) is 8.59. The van der Waals surface area contributed by atoms with Crippen molar-refractivity contribution in [2.75, 3.05) is 4.90 Å². The zero-order valence-electron chi connectivity index (χ0n) is 18.1. The molecule has 0 saturated carbocycles. The van der Waals surface area contributed by atoms with Crippen LogP contribution in [-0.2, 0) is 0 Å². The number of amides is 1. The maximum Gasteiger partial charge on any atom is 0.261 e. The van der Waals surface area contributed by atoms with Crippen molar-refractivity contribution in [3.8, 4) is 11.1 Å². The van der Waals surface area contributed by atoms with E-state index in [4.69, 9.17) is 4.42 Å². The summed E-state index contributed by atoms with van der Waals surface area (Å²) in [5, 5.41) is 15.1. The molecule has 0 aliphatic carbocycles. The zero-order chi connectivity index (χ0) is 22.8. The Balaban J connectivity index is 1.51. The summed E-state index contributed by atoms with van der Waals surface area (Å²) in [7, 11) is 0. The fraction of sp³-hybridized carbons (Fsp3) is 0.0333. The van der Waals surface area contributed by atoms with E-state index in [2.05, 4.69) is 12.1 Å². The first-order valence-corrected chi connectivity index (χ1v) is 11.3. The monoisotopic (exact) mass is 441 g/mol. The predicted molar refractivity (Wildman–Crippen MR) is 135 cm³/mol. The summed E-state index contributed by atoms with van der Waals surface area (Å²) in [4.78, 5) is 15.0. The van der Waals surface area contributed by atoms with E-state index in [-0.39, 0.29) is 5.91 Å². The molecule has 0 saturated heterocycles. The molecule has 1 unspecified atom stereocenters. The summed E-state index contributed by atoms with van der Waals surface area (Å²) < 4.78 is 6.10. The number of nitrogens with zero attached hydrogens (tertiary/aromatic N) is 1. The lowest BCUT2D eigenvalue weighted by atomic mass is 9.87. The van der Waals surface area contributed by atoms with Gasteiger partial charge < -0.3 is 9.52 Å². The van der Waals surface area contributed by atoms with Gasteiger partial charge in [0.1, 0.15) is 11.2 Å². The molecule has 2 heterocycles. The van der Waals surface area contributed by atoms with E-state index < -0.39 is 6.23 Å². The molecule has 0 fully saturated rings. The number of hydrogen-bond donors (Lipinski definition) is 1. The molecule has 34 heavy (non-hydrogen) atoms. The highest BCUT2D eigenvalue weighted by Crippen LogP contribution is 2.44. The average molecular weight is 441 g/mol. The van der Waals surface area contributed by atoms with Crippen LogP contribution in [0.2, 0.25) is 0 Å². The lowest BCUT2D eigenvalue weighted by molar-refractivity contribution is 0.0879. The molecule has 162 valence electrons. The number of aliphatic hydroxyl groups excluding tert-OH is 1. The van der Waals surface area contributed by atoms with Crippen LogP contribution in [0.4, 0.5) is 5.69 Å². The quantitative estimate of drug-likeness (QED) is 0.313. The zero-order valence-corrected chi connectivity index (χ0v) is 18.1. The number of benzene rings is 5. The Labute approximate surface area is 195 Å². The van der Waals surface area contributed by atoms with E-state index in [0.29, 0.717) is 11.3 Å². The normalized spacial score (nSPS) is 15.5. The standard InChI is InChI=1S/C30H19NO3/c32-29-23-13-6-11-20-19(21-12-7-15-26-28(21)22-10-4-5-14-25(22)34-26)16-17-24(27(20)23)30(33)31(29)18-8-2-1-3-9-18/h1-17,29,32H. The number of furan rings is 1. The smallest absolute Gasteiger partial charge is 0.261 e. The Kier molecular flexibility index (Phi) is 3.96. The number of fused-ring (bicyclic) bond motifs is 3. The number of anilines is 1. The minimum atomic E-state index is -1.06. The Morgan fingerprint density at radius 2 is 1.32 bits per heavy atom. The van der Waals surface area contributed by atoms with Crippen LogP contribution >= 0.6 is 0 Å². The summed E-state index contributed by atoms with van der Waals surface area (Å²) in [5.41, 5.74) is 5.70. The van der Waals surface area contributed by atoms with Crippen LogP contribution in [0.5, 0.6) is 0 Å². The number of carbonyl (C=O) groups is 1. The first kappa shape index (κ1) is 19.1. The predicted octanol–water partition coefficient (Wildman–Crippen LogP) is 7.06. The molecular weight excluding hydrogens is 422 g/mol. The topological polar surface area (TPSA) is 53.7 Å². The van der Waals surface area contributed by atoms with Crippen molar-refractivity contribution in [1.29, 1.82) is 0 Å². The fourth-order valence-corrected chi connectivity index (χ4v) is 5.29. The Morgan fingerprint density at radius 1 is 0.618 bits per heavy atom. The minimum absolute atomic E-state index is 0.207. The molecule has 0 bridgehead atoms. The van der Waals surface area contributed by atoms with Crippen molar-refractivity contribution in [1.82, 2.24) is 0 Å². The van der Waals surface area contributed by atoms with Gasteiger partial charge in [0.2, 0.25) is 0 Å². The third-order valence-corrected chi connectivity index (χ3v) is 6.77. The molecule has 1 aliphatic heterocycles. The van der Waals surface area contributed by atoms with Crippen molar-refractivity contribution in [2.24, 2.45) is 0 Å². The van der Waals surface area contributed by atoms with Crippen molar-refractivity contribution < 1.29 is 14.3 Å². The SMILES string of the molecule is O=C1c2ccc(-c3cccc4oc5ccccc5c34)c3cccc(c23)C(O)N1c1ccccc1. The highest BCUT2D eigenvalue weighted by Gasteiger charge is 2.34. The van der Waals surface area contributed by atoms with Gasteiger partial charge in [0.05, 0.1) is 0 Å². The van der Waals surface area contributed by atoms with Gasteiger partial charge in [0, 0.05) is 33.0 Å². The highest BCUT2D eigenvalue weighted by atomic mass is 16.3.